The fourth-order valence-corrected chi connectivity index (χ4v) is 3.23. The topological polar surface area (TPSA) is 51.6 Å². The molecule has 2 atom stereocenters. The maximum absolute atomic E-state index is 6.03. The maximum atomic E-state index is 6.03. The van der Waals surface area contributed by atoms with Crippen molar-refractivity contribution in [1.82, 2.24) is 20.0 Å². The number of hydrogen-bond donors (Lipinski definition) is 1. The average molecular weight is 306 g/mol. The van der Waals surface area contributed by atoms with E-state index in [9.17, 15) is 0 Å². The van der Waals surface area contributed by atoms with Crippen LogP contribution in [0.25, 0.3) is 0 Å². The van der Waals surface area contributed by atoms with Gasteiger partial charge < -0.3 is 14.8 Å². The molecule has 22 heavy (non-hydrogen) atoms. The second-order valence-electron chi connectivity index (χ2n) is 6.05. The Bertz CT molecular complexity index is 514. The van der Waals surface area contributed by atoms with E-state index in [1.807, 2.05) is 17.9 Å². The van der Waals surface area contributed by atoms with Crippen molar-refractivity contribution in [2.75, 3.05) is 46.5 Å². The van der Waals surface area contributed by atoms with E-state index in [1.54, 1.807) is 0 Å². The molecule has 0 unspecified atom stereocenters. The summed E-state index contributed by atoms with van der Waals surface area (Å²) < 4.78 is 13.5. The molecular weight excluding hydrogens is 280 g/mol. The zero-order valence-electron chi connectivity index (χ0n) is 13.5. The first kappa shape index (κ1) is 15.7. The molecule has 1 aromatic rings. The monoisotopic (exact) mass is 306 g/mol. The van der Waals surface area contributed by atoms with Crippen LogP contribution in [0.1, 0.15) is 18.2 Å². The molecule has 2 aliphatic rings. The quantitative estimate of drug-likeness (QED) is 0.813. The number of nitrogens with one attached hydrogen (secondary N) is 1. The lowest BCUT2D eigenvalue weighted by atomic mass is 10.0. The first-order valence-corrected chi connectivity index (χ1v) is 8.02. The molecule has 0 radical (unpaired) electrons. The molecule has 122 valence electrons. The predicted molar refractivity (Wildman–Crippen MR) is 84.7 cm³/mol. The van der Waals surface area contributed by atoms with Gasteiger partial charge in [0.05, 0.1) is 37.7 Å². The van der Waals surface area contributed by atoms with Gasteiger partial charge in [-0.1, -0.05) is 6.08 Å². The summed E-state index contributed by atoms with van der Waals surface area (Å²) in [6, 6.07) is 2.32. The van der Waals surface area contributed by atoms with Gasteiger partial charge in [0.25, 0.3) is 0 Å². The number of aromatic nitrogens is 2. The van der Waals surface area contributed by atoms with Crippen LogP contribution in [0, 0.1) is 0 Å². The number of likely N-dealkylation sites (N-methyl/N-ethyl adjacent to an activating group) is 1. The number of rotatable bonds is 5. The molecule has 0 amide bonds. The molecule has 0 saturated carbocycles. The van der Waals surface area contributed by atoms with E-state index in [1.165, 1.54) is 11.3 Å². The van der Waals surface area contributed by atoms with Crippen molar-refractivity contribution in [2.24, 2.45) is 7.05 Å². The largest absolute Gasteiger partial charge is 0.377 e. The second-order valence-corrected chi connectivity index (χ2v) is 6.05. The van der Waals surface area contributed by atoms with Crippen LogP contribution in [0.15, 0.2) is 23.9 Å². The van der Waals surface area contributed by atoms with E-state index < -0.39 is 0 Å². The fourth-order valence-electron chi connectivity index (χ4n) is 3.23. The summed E-state index contributed by atoms with van der Waals surface area (Å²) in [5.74, 6) is 0. The van der Waals surface area contributed by atoms with Gasteiger partial charge in [-0.25, -0.2) is 0 Å². The standard InChI is InChI=1S/C16H26N4O2/c1-19-7-9-22-15(16(19)14-5-6-18-20(14)2)11-17-10-13-4-3-8-21-12-13/h4-6,15-17H,3,7-12H2,1-2H3/t15-,16-/m0/s1. The molecule has 0 aromatic carbocycles. The Kier molecular flexibility index (Phi) is 5.25. The molecule has 0 bridgehead atoms. The van der Waals surface area contributed by atoms with Crippen LogP contribution < -0.4 is 5.32 Å². The Labute approximate surface area is 132 Å². The molecule has 1 aromatic heterocycles. The summed E-state index contributed by atoms with van der Waals surface area (Å²) >= 11 is 0. The van der Waals surface area contributed by atoms with Crippen LogP contribution in [0.2, 0.25) is 0 Å². The van der Waals surface area contributed by atoms with E-state index >= 15 is 0 Å². The molecule has 6 nitrogen and oxygen atoms in total. The highest BCUT2D eigenvalue weighted by molar-refractivity contribution is 5.11. The van der Waals surface area contributed by atoms with Gasteiger partial charge in [0, 0.05) is 32.9 Å². The van der Waals surface area contributed by atoms with Gasteiger partial charge in [0.2, 0.25) is 0 Å². The van der Waals surface area contributed by atoms with Crippen molar-refractivity contribution in [3.05, 3.63) is 29.6 Å². The van der Waals surface area contributed by atoms with Crippen LogP contribution in [0.3, 0.4) is 0 Å². The van der Waals surface area contributed by atoms with Crippen molar-refractivity contribution in [1.29, 1.82) is 0 Å². The van der Waals surface area contributed by atoms with Gasteiger partial charge >= 0.3 is 0 Å². The van der Waals surface area contributed by atoms with Gasteiger partial charge in [-0.3, -0.25) is 9.58 Å². The van der Waals surface area contributed by atoms with E-state index in [4.69, 9.17) is 9.47 Å². The fraction of sp³-hybridized carbons (Fsp3) is 0.688. The normalized spacial score (nSPS) is 26.9. The molecule has 1 fully saturated rings. The number of aryl methyl sites for hydroxylation is 1. The predicted octanol–water partition coefficient (Wildman–Crippen LogP) is 0.728. The molecule has 1 N–H and O–H groups in total. The lowest BCUT2D eigenvalue weighted by Crippen LogP contribution is -2.48. The summed E-state index contributed by atoms with van der Waals surface area (Å²) in [6.45, 7) is 5.04. The lowest BCUT2D eigenvalue weighted by Gasteiger charge is -2.39. The molecule has 0 spiro atoms. The third kappa shape index (κ3) is 3.57. The first-order valence-electron chi connectivity index (χ1n) is 8.02. The van der Waals surface area contributed by atoms with Crippen LogP contribution in [-0.2, 0) is 16.5 Å². The van der Waals surface area contributed by atoms with Gasteiger partial charge in [0.15, 0.2) is 0 Å². The van der Waals surface area contributed by atoms with Crippen LogP contribution in [0.5, 0.6) is 0 Å². The summed E-state index contributed by atoms with van der Waals surface area (Å²) in [7, 11) is 4.15. The highest BCUT2D eigenvalue weighted by atomic mass is 16.5. The molecule has 0 aliphatic carbocycles. The first-order chi connectivity index (χ1) is 10.8. The number of hydrogen-bond acceptors (Lipinski definition) is 5. The Morgan fingerprint density at radius 3 is 3.00 bits per heavy atom. The maximum Gasteiger partial charge on any atom is 0.0911 e. The highest BCUT2D eigenvalue weighted by Gasteiger charge is 2.33. The molecule has 6 heteroatoms. The van der Waals surface area contributed by atoms with Crippen molar-refractivity contribution in [3.63, 3.8) is 0 Å². The van der Waals surface area contributed by atoms with Gasteiger partial charge in [0.1, 0.15) is 0 Å². The third-order valence-electron chi connectivity index (χ3n) is 4.45. The highest BCUT2D eigenvalue weighted by Crippen LogP contribution is 2.27. The summed E-state index contributed by atoms with van der Waals surface area (Å²) in [5, 5.41) is 7.83. The molecule has 3 rings (SSSR count). The summed E-state index contributed by atoms with van der Waals surface area (Å²) in [4.78, 5) is 2.36. The van der Waals surface area contributed by atoms with Gasteiger partial charge in [-0.15, -0.1) is 0 Å². The minimum absolute atomic E-state index is 0.138. The Hall–Kier alpha value is -1.21. The smallest absolute Gasteiger partial charge is 0.0911 e. The minimum atomic E-state index is 0.138. The Morgan fingerprint density at radius 1 is 1.36 bits per heavy atom. The molecule has 3 heterocycles. The van der Waals surface area contributed by atoms with Crippen molar-refractivity contribution in [3.8, 4) is 0 Å². The average Bonchev–Trinajstić information content (AvgIpc) is 2.94. The summed E-state index contributed by atoms with van der Waals surface area (Å²) in [6.07, 6.45) is 5.30. The Morgan fingerprint density at radius 2 is 2.27 bits per heavy atom. The van der Waals surface area contributed by atoms with E-state index in [2.05, 4.69) is 34.5 Å². The number of ether oxygens (including phenoxy) is 2. The van der Waals surface area contributed by atoms with Crippen molar-refractivity contribution in [2.45, 2.75) is 18.6 Å². The number of morpholine rings is 1. The second kappa shape index (κ2) is 7.37. The van der Waals surface area contributed by atoms with Crippen molar-refractivity contribution < 1.29 is 9.47 Å². The van der Waals surface area contributed by atoms with Crippen molar-refractivity contribution >= 4 is 0 Å². The van der Waals surface area contributed by atoms with E-state index in [0.717, 1.165) is 45.9 Å². The molecule has 2 aliphatic heterocycles. The zero-order chi connectivity index (χ0) is 15.4. The van der Waals surface area contributed by atoms with Crippen LogP contribution in [-0.4, -0.2) is 67.3 Å². The Balaban J connectivity index is 1.60. The summed E-state index contributed by atoms with van der Waals surface area (Å²) in [5.41, 5.74) is 2.54. The third-order valence-corrected chi connectivity index (χ3v) is 4.45. The molecule has 1 saturated heterocycles. The minimum Gasteiger partial charge on any atom is -0.377 e. The van der Waals surface area contributed by atoms with E-state index in [0.29, 0.717) is 0 Å². The van der Waals surface area contributed by atoms with Crippen LogP contribution in [0.4, 0.5) is 0 Å². The van der Waals surface area contributed by atoms with E-state index in [-0.39, 0.29) is 12.1 Å². The molecular formula is C16H26N4O2. The van der Waals surface area contributed by atoms with Gasteiger partial charge in [-0.05, 0) is 25.1 Å². The van der Waals surface area contributed by atoms with Crippen LogP contribution >= 0.6 is 0 Å². The number of nitrogens with zero attached hydrogens (tertiary/aromatic N) is 3. The van der Waals surface area contributed by atoms with Gasteiger partial charge in [-0.2, -0.15) is 5.10 Å². The zero-order valence-corrected chi connectivity index (χ0v) is 13.5. The lowest BCUT2D eigenvalue weighted by molar-refractivity contribution is -0.0635. The SMILES string of the molecule is CN1CCO[C@@H](CNCC2=CCCOC2)[C@@H]1c1ccnn1C.